The highest BCUT2D eigenvalue weighted by Gasteiger charge is 2.00. The van der Waals surface area contributed by atoms with E-state index in [4.69, 9.17) is 23.2 Å². The van der Waals surface area contributed by atoms with E-state index in [1.54, 1.807) is 6.07 Å². The lowest BCUT2D eigenvalue weighted by Crippen LogP contribution is -1.86. The SMILES string of the molecule is C=C(C)Cc1ccc(Cl)cc1Cl. The van der Waals surface area contributed by atoms with Crippen LogP contribution in [0.5, 0.6) is 0 Å². The van der Waals surface area contributed by atoms with E-state index in [0.717, 1.165) is 17.6 Å². The van der Waals surface area contributed by atoms with Crippen molar-refractivity contribution in [3.8, 4) is 0 Å². The van der Waals surface area contributed by atoms with Gasteiger partial charge in [-0.2, -0.15) is 0 Å². The maximum atomic E-state index is 5.95. The summed E-state index contributed by atoms with van der Waals surface area (Å²) in [6, 6.07) is 5.52. The number of rotatable bonds is 2. The van der Waals surface area contributed by atoms with Crippen LogP contribution in [0.15, 0.2) is 30.4 Å². The molecule has 0 spiro atoms. The first-order chi connectivity index (χ1) is 5.59. The van der Waals surface area contributed by atoms with Crippen molar-refractivity contribution in [2.24, 2.45) is 0 Å². The molecule has 2 heteroatoms. The molecule has 0 nitrogen and oxygen atoms in total. The fourth-order valence-corrected chi connectivity index (χ4v) is 1.47. The van der Waals surface area contributed by atoms with Gasteiger partial charge in [0, 0.05) is 10.0 Å². The van der Waals surface area contributed by atoms with E-state index in [1.807, 2.05) is 19.1 Å². The largest absolute Gasteiger partial charge is 0.0998 e. The van der Waals surface area contributed by atoms with E-state index < -0.39 is 0 Å². The summed E-state index contributed by atoms with van der Waals surface area (Å²) in [5, 5.41) is 1.39. The van der Waals surface area contributed by atoms with Crippen LogP contribution in [-0.4, -0.2) is 0 Å². The summed E-state index contributed by atoms with van der Waals surface area (Å²) in [5.41, 5.74) is 2.17. The molecule has 0 atom stereocenters. The predicted octanol–water partition coefficient (Wildman–Crippen LogP) is 4.11. The minimum Gasteiger partial charge on any atom is -0.0998 e. The van der Waals surface area contributed by atoms with Gasteiger partial charge in [-0.15, -0.1) is 0 Å². The van der Waals surface area contributed by atoms with Gasteiger partial charge in [0.25, 0.3) is 0 Å². The molecule has 0 saturated heterocycles. The van der Waals surface area contributed by atoms with Gasteiger partial charge in [-0.3, -0.25) is 0 Å². The minimum absolute atomic E-state index is 0.672. The Morgan fingerprint density at radius 2 is 2.08 bits per heavy atom. The van der Waals surface area contributed by atoms with Gasteiger partial charge in [0.1, 0.15) is 0 Å². The smallest absolute Gasteiger partial charge is 0.0456 e. The van der Waals surface area contributed by atoms with Crippen molar-refractivity contribution >= 4 is 23.2 Å². The molecule has 64 valence electrons. The van der Waals surface area contributed by atoms with Crippen LogP contribution in [0.2, 0.25) is 10.0 Å². The van der Waals surface area contributed by atoms with E-state index in [2.05, 4.69) is 6.58 Å². The summed E-state index contributed by atoms with van der Waals surface area (Å²) in [7, 11) is 0. The molecule has 1 rings (SSSR count). The Bertz CT molecular complexity index is 303. The van der Waals surface area contributed by atoms with Gasteiger partial charge in [0.15, 0.2) is 0 Å². The molecule has 0 aliphatic heterocycles. The van der Waals surface area contributed by atoms with Gasteiger partial charge >= 0.3 is 0 Å². The van der Waals surface area contributed by atoms with Gasteiger partial charge in [-0.25, -0.2) is 0 Å². The van der Waals surface area contributed by atoms with Gasteiger partial charge in [-0.1, -0.05) is 41.4 Å². The first-order valence-electron chi connectivity index (χ1n) is 3.68. The molecule has 0 saturated carbocycles. The lowest BCUT2D eigenvalue weighted by molar-refractivity contribution is 1.15. The Balaban J connectivity index is 2.93. The molecule has 12 heavy (non-hydrogen) atoms. The maximum absolute atomic E-state index is 5.95. The fourth-order valence-electron chi connectivity index (χ4n) is 0.990. The summed E-state index contributed by atoms with van der Waals surface area (Å²) in [4.78, 5) is 0. The van der Waals surface area contributed by atoms with Crippen molar-refractivity contribution in [2.75, 3.05) is 0 Å². The van der Waals surface area contributed by atoms with Crippen molar-refractivity contribution in [3.05, 3.63) is 46.0 Å². The first-order valence-corrected chi connectivity index (χ1v) is 4.43. The molecule has 1 aromatic rings. The van der Waals surface area contributed by atoms with Crippen molar-refractivity contribution < 1.29 is 0 Å². The lowest BCUT2D eigenvalue weighted by Gasteiger charge is -2.03. The van der Waals surface area contributed by atoms with Gasteiger partial charge in [-0.05, 0) is 31.0 Å². The molecule has 0 aliphatic rings. The fraction of sp³-hybridized carbons (Fsp3) is 0.200. The Kier molecular flexibility index (Phi) is 3.19. The summed E-state index contributed by atoms with van der Waals surface area (Å²) < 4.78 is 0. The van der Waals surface area contributed by atoms with E-state index in [1.165, 1.54) is 0 Å². The molecule has 1 aromatic carbocycles. The topological polar surface area (TPSA) is 0 Å². The second-order valence-corrected chi connectivity index (χ2v) is 3.71. The first kappa shape index (κ1) is 9.63. The van der Waals surface area contributed by atoms with E-state index in [-0.39, 0.29) is 0 Å². The summed E-state index contributed by atoms with van der Waals surface area (Å²) in [5.74, 6) is 0. The Labute approximate surface area is 82.8 Å². The molecule has 0 radical (unpaired) electrons. The third-order valence-electron chi connectivity index (χ3n) is 1.51. The van der Waals surface area contributed by atoms with Crippen LogP contribution >= 0.6 is 23.2 Å². The second-order valence-electron chi connectivity index (χ2n) is 2.87. The molecule has 0 heterocycles. The van der Waals surface area contributed by atoms with Gasteiger partial charge < -0.3 is 0 Å². The molecular weight excluding hydrogens is 191 g/mol. The minimum atomic E-state index is 0.672. The number of hydrogen-bond donors (Lipinski definition) is 0. The summed E-state index contributed by atoms with van der Waals surface area (Å²) in [6.07, 6.45) is 0.815. The zero-order valence-electron chi connectivity index (χ0n) is 6.90. The van der Waals surface area contributed by atoms with E-state index >= 15 is 0 Å². The maximum Gasteiger partial charge on any atom is 0.0456 e. The van der Waals surface area contributed by atoms with Crippen LogP contribution < -0.4 is 0 Å². The van der Waals surface area contributed by atoms with Crippen LogP contribution in [-0.2, 0) is 6.42 Å². The Morgan fingerprint density at radius 1 is 1.42 bits per heavy atom. The average molecular weight is 201 g/mol. The lowest BCUT2D eigenvalue weighted by atomic mass is 10.1. The van der Waals surface area contributed by atoms with Gasteiger partial charge in [0.05, 0.1) is 0 Å². The standard InChI is InChI=1S/C10H10Cl2/c1-7(2)5-8-3-4-9(11)6-10(8)12/h3-4,6H,1,5H2,2H3. The quantitative estimate of drug-likeness (QED) is 0.631. The number of allylic oxidation sites excluding steroid dienone is 1. The highest BCUT2D eigenvalue weighted by atomic mass is 35.5. The van der Waals surface area contributed by atoms with Crippen molar-refractivity contribution in [1.82, 2.24) is 0 Å². The zero-order chi connectivity index (χ0) is 9.14. The average Bonchev–Trinajstić information content (AvgIpc) is 1.94. The van der Waals surface area contributed by atoms with Crippen LogP contribution in [0.4, 0.5) is 0 Å². The van der Waals surface area contributed by atoms with E-state index in [0.29, 0.717) is 10.0 Å². The molecule has 0 fully saturated rings. The number of halogens is 2. The molecule has 0 aromatic heterocycles. The predicted molar refractivity (Wildman–Crippen MR) is 55.0 cm³/mol. The molecule has 0 N–H and O–H groups in total. The van der Waals surface area contributed by atoms with Crippen LogP contribution in [0.25, 0.3) is 0 Å². The highest BCUT2D eigenvalue weighted by molar-refractivity contribution is 6.35. The Hall–Kier alpha value is -0.460. The normalized spacial score (nSPS) is 9.92. The third kappa shape index (κ3) is 2.54. The molecule has 0 unspecified atom stereocenters. The zero-order valence-corrected chi connectivity index (χ0v) is 8.41. The van der Waals surface area contributed by atoms with Gasteiger partial charge in [0.2, 0.25) is 0 Å². The molecule has 0 bridgehead atoms. The van der Waals surface area contributed by atoms with Crippen molar-refractivity contribution in [1.29, 1.82) is 0 Å². The number of benzene rings is 1. The third-order valence-corrected chi connectivity index (χ3v) is 2.09. The molecular formula is C10H10Cl2. The Morgan fingerprint density at radius 3 is 2.58 bits per heavy atom. The van der Waals surface area contributed by atoms with Crippen LogP contribution in [0.3, 0.4) is 0 Å². The molecule has 0 amide bonds. The molecule has 0 aliphatic carbocycles. The highest BCUT2D eigenvalue weighted by Crippen LogP contribution is 2.22. The number of hydrogen-bond acceptors (Lipinski definition) is 0. The summed E-state index contributed by atoms with van der Waals surface area (Å²) >= 11 is 11.7. The van der Waals surface area contributed by atoms with Crippen LogP contribution in [0, 0.1) is 0 Å². The second kappa shape index (κ2) is 3.97. The van der Waals surface area contributed by atoms with Crippen molar-refractivity contribution in [2.45, 2.75) is 13.3 Å². The van der Waals surface area contributed by atoms with Crippen molar-refractivity contribution in [3.63, 3.8) is 0 Å². The van der Waals surface area contributed by atoms with Crippen LogP contribution in [0.1, 0.15) is 12.5 Å². The monoisotopic (exact) mass is 200 g/mol. The summed E-state index contributed by atoms with van der Waals surface area (Å²) in [6.45, 7) is 5.80. The van der Waals surface area contributed by atoms with E-state index in [9.17, 15) is 0 Å².